The normalized spacial score (nSPS) is 21.3. The van der Waals surface area contributed by atoms with E-state index in [1.54, 1.807) is 0 Å². The Morgan fingerprint density at radius 2 is 2.18 bits per heavy atom. The van der Waals surface area contributed by atoms with Gasteiger partial charge in [-0.1, -0.05) is 12.1 Å². The van der Waals surface area contributed by atoms with E-state index in [-0.39, 0.29) is 36.6 Å². The number of piperidine rings is 1. The summed E-state index contributed by atoms with van der Waals surface area (Å²) in [6, 6.07) is 8.00. The van der Waals surface area contributed by atoms with Gasteiger partial charge in [-0.3, -0.25) is 9.36 Å². The Kier molecular flexibility index (Phi) is 5.26. The molecule has 2 aromatic rings. The van der Waals surface area contributed by atoms with Crippen LogP contribution in [0.5, 0.6) is 0 Å². The Bertz CT molecular complexity index is 709. The van der Waals surface area contributed by atoms with Crippen molar-refractivity contribution in [2.45, 2.75) is 38.4 Å². The molecule has 0 aliphatic carbocycles. The summed E-state index contributed by atoms with van der Waals surface area (Å²) in [5.74, 6) is -0.110. The van der Waals surface area contributed by atoms with Crippen LogP contribution in [0, 0.1) is 0 Å². The number of aromatic nitrogens is 2. The van der Waals surface area contributed by atoms with Crippen LogP contribution in [-0.2, 0) is 11.3 Å². The zero-order valence-electron chi connectivity index (χ0n) is 12.5. The fourth-order valence-electron chi connectivity index (χ4n) is 2.94. The molecule has 7 heteroatoms. The zero-order valence-corrected chi connectivity index (χ0v) is 13.3. The van der Waals surface area contributed by atoms with Gasteiger partial charge < -0.3 is 15.6 Å². The van der Waals surface area contributed by atoms with E-state index in [1.165, 1.54) is 4.57 Å². The van der Waals surface area contributed by atoms with Gasteiger partial charge in [-0.25, -0.2) is 4.79 Å². The molecule has 6 nitrogen and oxygen atoms in total. The minimum atomic E-state index is -0.245. The standard InChI is InChI=1S/C15H20N4O2.ClH/c1-10-8-11(6-7-16-10)17-14(20)9-19-13-5-3-2-4-12(13)18-15(19)21;/h2-5,10-11,16H,6-9H2,1H3,(H,17,20)(H,18,21);1H. The number of fused-ring (bicyclic) bond motifs is 1. The number of H-pyrrole nitrogens is 1. The molecule has 1 aliphatic heterocycles. The van der Waals surface area contributed by atoms with Crippen LogP contribution in [-0.4, -0.2) is 34.1 Å². The highest BCUT2D eigenvalue weighted by Crippen LogP contribution is 2.10. The van der Waals surface area contributed by atoms with Crippen molar-refractivity contribution < 1.29 is 4.79 Å². The van der Waals surface area contributed by atoms with Crippen molar-refractivity contribution in [1.29, 1.82) is 0 Å². The summed E-state index contributed by atoms with van der Waals surface area (Å²) in [5.41, 5.74) is 1.27. The Morgan fingerprint density at radius 3 is 2.95 bits per heavy atom. The van der Waals surface area contributed by atoms with Crippen LogP contribution in [0.1, 0.15) is 19.8 Å². The molecule has 1 fully saturated rings. The number of imidazole rings is 1. The number of hydrogen-bond acceptors (Lipinski definition) is 3. The van der Waals surface area contributed by atoms with E-state index in [4.69, 9.17) is 0 Å². The lowest BCUT2D eigenvalue weighted by molar-refractivity contribution is -0.122. The van der Waals surface area contributed by atoms with Crippen molar-refractivity contribution in [3.8, 4) is 0 Å². The van der Waals surface area contributed by atoms with Gasteiger partial charge in [-0.15, -0.1) is 12.4 Å². The van der Waals surface area contributed by atoms with E-state index >= 15 is 0 Å². The summed E-state index contributed by atoms with van der Waals surface area (Å²) < 4.78 is 1.48. The number of nitrogens with zero attached hydrogens (tertiary/aromatic N) is 1. The SMILES string of the molecule is CC1CC(NC(=O)Cn2c(=O)[nH]c3ccccc32)CCN1.Cl. The van der Waals surface area contributed by atoms with E-state index in [0.29, 0.717) is 6.04 Å². The lowest BCUT2D eigenvalue weighted by atomic mass is 10.0. The summed E-state index contributed by atoms with van der Waals surface area (Å²) in [7, 11) is 0. The Labute approximate surface area is 134 Å². The van der Waals surface area contributed by atoms with Gasteiger partial charge in [0.15, 0.2) is 0 Å². The van der Waals surface area contributed by atoms with Gasteiger partial charge in [0.2, 0.25) is 5.91 Å². The molecule has 0 spiro atoms. The van der Waals surface area contributed by atoms with Crippen LogP contribution in [0.4, 0.5) is 0 Å². The van der Waals surface area contributed by atoms with Crippen molar-refractivity contribution >= 4 is 29.3 Å². The lowest BCUT2D eigenvalue weighted by Gasteiger charge is -2.28. The van der Waals surface area contributed by atoms with E-state index in [2.05, 4.69) is 22.5 Å². The second-order valence-electron chi connectivity index (χ2n) is 5.68. The molecule has 3 N–H and O–H groups in total. The predicted octanol–water partition coefficient (Wildman–Crippen LogP) is 1.01. The van der Waals surface area contributed by atoms with E-state index in [9.17, 15) is 9.59 Å². The number of carbonyl (C=O) groups excluding carboxylic acids is 1. The largest absolute Gasteiger partial charge is 0.352 e. The van der Waals surface area contributed by atoms with Crippen molar-refractivity contribution in [2.24, 2.45) is 0 Å². The molecule has 0 radical (unpaired) electrons. The lowest BCUT2D eigenvalue weighted by Crippen LogP contribution is -2.47. The highest BCUT2D eigenvalue weighted by Gasteiger charge is 2.20. The number of rotatable bonds is 3. The fourth-order valence-corrected chi connectivity index (χ4v) is 2.94. The molecule has 2 heterocycles. The first-order chi connectivity index (χ1) is 10.1. The third-order valence-corrected chi connectivity index (χ3v) is 3.97. The van der Waals surface area contributed by atoms with Crippen molar-refractivity contribution in [2.75, 3.05) is 6.54 Å². The van der Waals surface area contributed by atoms with Gasteiger partial charge >= 0.3 is 5.69 Å². The number of aromatic amines is 1. The smallest absolute Gasteiger partial charge is 0.326 e. The minimum absolute atomic E-state index is 0. The van der Waals surface area contributed by atoms with Crippen LogP contribution >= 0.6 is 12.4 Å². The molecule has 2 unspecified atom stereocenters. The Balaban J connectivity index is 0.00000176. The highest BCUT2D eigenvalue weighted by atomic mass is 35.5. The molecule has 3 rings (SSSR count). The van der Waals surface area contributed by atoms with Crippen LogP contribution in [0.3, 0.4) is 0 Å². The molecule has 1 amide bonds. The molecule has 120 valence electrons. The van der Waals surface area contributed by atoms with Gasteiger partial charge in [0.25, 0.3) is 0 Å². The molecule has 2 atom stereocenters. The molecular weight excluding hydrogens is 304 g/mol. The number of nitrogens with one attached hydrogen (secondary N) is 3. The first-order valence-corrected chi connectivity index (χ1v) is 7.34. The maximum absolute atomic E-state index is 12.2. The first kappa shape index (κ1) is 16.6. The number of benzene rings is 1. The van der Waals surface area contributed by atoms with Crippen molar-refractivity contribution in [3.63, 3.8) is 0 Å². The van der Waals surface area contributed by atoms with Crippen LogP contribution in [0.15, 0.2) is 29.1 Å². The second kappa shape index (κ2) is 6.98. The first-order valence-electron chi connectivity index (χ1n) is 7.34. The zero-order chi connectivity index (χ0) is 14.8. The van der Waals surface area contributed by atoms with E-state index < -0.39 is 0 Å². The second-order valence-corrected chi connectivity index (χ2v) is 5.68. The van der Waals surface area contributed by atoms with Crippen molar-refractivity contribution in [3.05, 3.63) is 34.7 Å². The third-order valence-electron chi connectivity index (χ3n) is 3.97. The number of amides is 1. The van der Waals surface area contributed by atoms with Gasteiger partial charge in [-0.05, 0) is 38.4 Å². The minimum Gasteiger partial charge on any atom is -0.352 e. The van der Waals surface area contributed by atoms with Gasteiger partial charge in [0.05, 0.1) is 11.0 Å². The Hall–Kier alpha value is -1.79. The maximum atomic E-state index is 12.2. The molecule has 1 aromatic carbocycles. The molecule has 1 aliphatic rings. The highest BCUT2D eigenvalue weighted by molar-refractivity contribution is 5.85. The number of carbonyl (C=O) groups is 1. The monoisotopic (exact) mass is 324 g/mol. The number of halogens is 1. The van der Waals surface area contributed by atoms with Crippen LogP contribution < -0.4 is 16.3 Å². The Morgan fingerprint density at radius 1 is 1.41 bits per heavy atom. The molecule has 1 aromatic heterocycles. The van der Waals surface area contributed by atoms with Crippen LogP contribution in [0.2, 0.25) is 0 Å². The quantitative estimate of drug-likeness (QED) is 0.788. The van der Waals surface area contributed by atoms with E-state index in [1.807, 2.05) is 24.3 Å². The molecule has 0 saturated carbocycles. The summed E-state index contributed by atoms with van der Waals surface area (Å²) in [4.78, 5) is 26.9. The molecule has 0 bridgehead atoms. The van der Waals surface area contributed by atoms with Crippen LogP contribution in [0.25, 0.3) is 11.0 Å². The average molecular weight is 325 g/mol. The summed E-state index contributed by atoms with van der Waals surface area (Å²) in [6.45, 7) is 3.09. The predicted molar refractivity (Wildman–Crippen MR) is 88.4 cm³/mol. The summed E-state index contributed by atoms with van der Waals surface area (Å²) >= 11 is 0. The van der Waals surface area contributed by atoms with Crippen molar-refractivity contribution in [1.82, 2.24) is 20.2 Å². The summed E-state index contributed by atoms with van der Waals surface area (Å²) in [5, 5.41) is 6.38. The van der Waals surface area contributed by atoms with Gasteiger partial charge in [-0.2, -0.15) is 0 Å². The molecule has 22 heavy (non-hydrogen) atoms. The topological polar surface area (TPSA) is 78.9 Å². The third kappa shape index (κ3) is 3.51. The maximum Gasteiger partial charge on any atom is 0.326 e. The molecular formula is C15H21ClN4O2. The molecule has 1 saturated heterocycles. The fraction of sp³-hybridized carbons (Fsp3) is 0.467. The van der Waals surface area contributed by atoms with Gasteiger partial charge in [0.1, 0.15) is 6.54 Å². The average Bonchev–Trinajstić information content (AvgIpc) is 2.75. The number of hydrogen-bond donors (Lipinski definition) is 3. The number of para-hydroxylation sites is 2. The summed E-state index contributed by atoms with van der Waals surface area (Å²) in [6.07, 6.45) is 1.85. The van der Waals surface area contributed by atoms with Gasteiger partial charge in [0, 0.05) is 12.1 Å². The van der Waals surface area contributed by atoms with E-state index in [0.717, 1.165) is 30.4 Å².